The summed E-state index contributed by atoms with van der Waals surface area (Å²) in [4.78, 5) is 13.0. The number of carboxylic acid groups (broad SMARTS) is 1. The van der Waals surface area contributed by atoms with Crippen molar-refractivity contribution >= 4 is 11.7 Å². The van der Waals surface area contributed by atoms with E-state index in [2.05, 4.69) is 5.32 Å². The Morgan fingerprint density at radius 3 is 2.31 bits per heavy atom. The molecule has 1 unspecified atom stereocenters. The zero-order chi connectivity index (χ0) is 12.1. The van der Waals surface area contributed by atoms with E-state index in [0.29, 0.717) is 6.54 Å². The Labute approximate surface area is 95.9 Å². The summed E-state index contributed by atoms with van der Waals surface area (Å²) in [5.41, 5.74) is 1.89. The Balaban J connectivity index is 2.89. The highest BCUT2D eigenvalue weighted by molar-refractivity contribution is 5.76. The van der Waals surface area contributed by atoms with Gasteiger partial charge in [0, 0.05) is 26.3 Å². The van der Waals surface area contributed by atoms with Crippen molar-refractivity contribution in [1.29, 1.82) is 0 Å². The number of hydrogen-bond donors (Lipinski definition) is 2. The number of hydrogen-bond acceptors (Lipinski definition) is 3. The van der Waals surface area contributed by atoms with Gasteiger partial charge >= 0.3 is 5.97 Å². The van der Waals surface area contributed by atoms with Gasteiger partial charge in [0.25, 0.3) is 0 Å². The van der Waals surface area contributed by atoms with Crippen molar-refractivity contribution in [2.75, 3.05) is 32.6 Å². The SMILES string of the molecule is CNCC(C(=O)O)c1ccc(N(C)C)cc1. The summed E-state index contributed by atoms with van der Waals surface area (Å²) in [6.07, 6.45) is 0. The number of aliphatic carboxylic acids is 1. The van der Waals surface area contributed by atoms with E-state index < -0.39 is 11.9 Å². The molecule has 0 aliphatic heterocycles. The third-order valence-electron chi connectivity index (χ3n) is 2.52. The Morgan fingerprint density at radius 1 is 1.38 bits per heavy atom. The quantitative estimate of drug-likeness (QED) is 0.784. The molecule has 4 nitrogen and oxygen atoms in total. The van der Waals surface area contributed by atoms with E-state index in [1.54, 1.807) is 7.05 Å². The summed E-state index contributed by atoms with van der Waals surface area (Å²) in [5.74, 6) is -1.28. The summed E-state index contributed by atoms with van der Waals surface area (Å²) >= 11 is 0. The van der Waals surface area contributed by atoms with Gasteiger partial charge in [-0.2, -0.15) is 0 Å². The lowest BCUT2D eigenvalue weighted by Gasteiger charge is -2.15. The number of carboxylic acids is 1. The maximum absolute atomic E-state index is 11.1. The molecule has 1 aromatic carbocycles. The van der Waals surface area contributed by atoms with Crippen LogP contribution in [0.25, 0.3) is 0 Å². The lowest BCUT2D eigenvalue weighted by atomic mass is 9.99. The van der Waals surface area contributed by atoms with E-state index in [1.165, 1.54) is 0 Å². The molecular weight excluding hydrogens is 204 g/mol. The molecule has 0 aliphatic carbocycles. The largest absolute Gasteiger partial charge is 0.481 e. The third kappa shape index (κ3) is 2.97. The Kier molecular flexibility index (Phi) is 4.31. The normalized spacial score (nSPS) is 12.2. The molecule has 0 heterocycles. The van der Waals surface area contributed by atoms with Gasteiger partial charge in [-0.3, -0.25) is 4.79 Å². The van der Waals surface area contributed by atoms with Crippen molar-refractivity contribution in [3.63, 3.8) is 0 Å². The van der Waals surface area contributed by atoms with Crippen LogP contribution in [0.1, 0.15) is 11.5 Å². The van der Waals surface area contributed by atoms with Crippen LogP contribution < -0.4 is 10.2 Å². The predicted octanol–water partition coefficient (Wildman–Crippen LogP) is 1.14. The number of nitrogens with zero attached hydrogens (tertiary/aromatic N) is 1. The fraction of sp³-hybridized carbons (Fsp3) is 0.417. The van der Waals surface area contributed by atoms with Gasteiger partial charge in [0.05, 0.1) is 5.92 Å². The van der Waals surface area contributed by atoms with Crippen molar-refractivity contribution in [3.05, 3.63) is 29.8 Å². The minimum Gasteiger partial charge on any atom is -0.481 e. The highest BCUT2D eigenvalue weighted by Crippen LogP contribution is 2.19. The van der Waals surface area contributed by atoms with Crippen LogP contribution in [0, 0.1) is 0 Å². The highest BCUT2D eigenvalue weighted by atomic mass is 16.4. The van der Waals surface area contributed by atoms with Gasteiger partial charge in [-0.25, -0.2) is 0 Å². The molecule has 0 spiro atoms. The van der Waals surface area contributed by atoms with E-state index >= 15 is 0 Å². The van der Waals surface area contributed by atoms with Crippen LogP contribution in [0.2, 0.25) is 0 Å². The van der Waals surface area contributed by atoms with Crippen molar-refractivity contribution < 1.29 is 9.90 Å². The maximum atomic E-state index is 11.1. The molecule has 0 amide bonds. The molecule has 88 valence electrons. The molecule has 1 atom stereocenters. The standard InChI is InChI=1S/C12H18N2O2/c1-13-8-11(12(15)16)9-4-6-10(7-5-9)14(2)3/h4-7,11,13H,8H2,1-3H3,(H,15,16). The van der Waals surface area contributed by atoms with Crippen molar-refractivity contribution in [1.82, 2.24) is 5.32 Å². The molecule has 0 aromatic heterocycles. The molecule has 0 saturated carbocycles. The third-order valence-corrected chi connectivity index (χ3v) is 2.52. The second-order valence-corrected chi connectivity index (χ2v) is 3.93. The summed E-state index contributed by atoms with van der Waals surface area (Å²) in [7, 11) is 5.67. The first kappa shape index (κ1) is 12.5. The lowest BCUT2D eigenvalue weighted by molar-refractivity contribution is -0.138. The molecule has 0 fully saturated rings. The van der Waals surface area contributed by atoms with Crippen LogP contribution in [-0.2, 0) is 4.79 Å². The lowest BCUT2D eigenvalue weighted by Crippen LogP contribution is -2.24. The summed E-state index contributed by atoms with van der Waals surface area (Å²) in [5, 5.41) is 12.0. The van der Waals surface area contributed by atoms with E-state index in [-0.39, 0.29) is 0 Å². The predicted molar refractivity (Wildman–Crippen MR) is 65.1 cm³/mol. The molecule has 0 saturated heterocycles. The molecule has 2 N–H and O–H groups in total. The number of likely N-dealkylation sites (N-methyl/N-ethyl adjacent to an activating group) is 1. The van der Waals surface area contributed by atoms with E-state index in [9.17, 15) is 4.79 Å². The van der Waals surface area contributed by atoms with E-state index in [4.69, 9.17) is 5.11 Å². The average Bonchev–Trinajstić information content (AvgIpc) is 2.25. The van der Waals surface area contributed by atoms with Gasteiger partial charge in [-0.1, -0.05) is 12.1 Å². The maximum Gasteiger partial charge on any atom is 0.312 e. The number of rotatable bonds is 5. The fourth-order valence-corrected chi connectivity index (χ4v) is 1.56. The highest BCUT2D eigenvalue weighted by Gasteiger charge is 2.18. The number of anilines is 1. The van der Waals surface area contributed by atoms with Gasteiger partial charge in [-0.05, 0) is 24.7 Å². The molecule has 0 aliphatic rings. The topological polar surface area (TPSA) is 52.6 Å². The van der Waals surface area contributed by atoms with E-state index in [1.807, 2.05) is 43.3 Å². The number of nitrogens with one attached hydrogen (secondary N) is 1. The van der Waals surface area contributed by atoms with Crippen molar-refractivity contribution in [2.24, 2.45) is 0 Å². The summed E-state index contributed by atoms with van der Waals surface area (Å²) in [6, 6.07) is 7.60. The van der Waals surface area contributed by atoms with Crippen LogP contribution >= 0.6 is 0 Å². The van der Waals surface area contributed by atoms with Crippen molar-refractivity contribution in [2.45, 2.75) is 5.92 Å². The van der Waals surface area contributed by atoms with Crippen LogP contribution in [0.15, 0.2) is 24.3 Å². The van der Waals surface area contributed by atoms with Gasteiger partial charge < -0.3 is 15.3 Å². The first-order chi connectivity index (χ1) is 7.56. The molecule has 16 heavy (non-hydrogen) atoms. The smallest absolute Gasteiger partial charge is 0.312 e. The average molecular weight is 222 g/mol. The summed E-state index contributed by atoms with van der Waals surface area (Å²) < 4.78 is 0. The van der Waals surface area contributed by atoms with Gasteiger partial charge in [0.2, 0.25) is 0 Å². The molecular formula is C12H18N2O2. The van der Waals surface area contributed by atoms with Crippen molar-refractivity contribution in [3.8, 4) is 0 Å². The first-order valence-electron chi connectivity index (χ1n) is 5.21. The summed E-state index contributed by atoms with van der Waals surface area (Å²) in [6.45, 7) is 0.441. The van der Waals surface area contributed by atoms with Crippen LogP contribution in [0.5, 0.6) is 0 Å². The minimum atomic E-state index is -0.799. The molecule has 1 rings (SSSR count). The van der Waals surface area contributed by atoms with Gasteiger partial charge in [0.15, 0.2) is 0 Å². The van der Waals surface area contributed by atoms with Crippen LogP contribution in [0.3, 0.4) is 0 Å². The Hall–Kier alpha value is -1.55. The van der Waals surface area contributed by atoms with E-state index in [0.717, 1.165) is 11.3 Å². The fourth-order valence-electron chi connectivity index (χ4n) is 1.56. The monoisotopic (exact) mass is 222 g/mol. The second-order valence-electron chi connectivity index (χ2n) is 3.93. The second kappa shape index (κ2) is 5.51. The Bertz CT molecular complexity index is 347. The number of carbonyl (C=O) groups is 1. The van der Waals surface area contributed by atoms with Crippen LogP contribution in [-0.4, -0.2) is 38.8 Å². The van der Waals surface area contributed by atoms with Gasteiger partial charge in [-0.15, -0.1) is 0 Å². The first-order valence-corrected chi connectivity index (χ1v) is 5.21. The zero-order valence-electron chi connectivity index (χ0n) is 9.90. The Morgan fingerprint density at radius 2 is 1.94 bits per heavy atom. The zero-order valence-corrected chi connectivity index (χ0v) is 9.90. The minimum absolute atomic E-state index is 0.441. The van der Waals surface area contributed by atoms with Gasteiger partial charge in [0.1, 0.15) is 0 Å². The molecule has 1 aromatic rings. The molecule has 0 radical (unpaired) electrons. The molecule has 0 bridgehead atoms. The van der Waals surface area contributed by atoms with Crippen LogP contribution in [0.4, 0.5) is 5.69 Å². The number of benzene rings is 1. The molecule has 4 heteroatoms.